The fourth-order valence-corrected chi connectivity index (χ4v) is 2.39. The van der Waals surface area contributed by atoms with Gasteiger partial charge in [-0.2, -0.15) is 0 Å². The highest BCUT2D eigenvalue weighted by Gasteiger charge is 2.14. The summed E-state index contributed by atoms with van der Waals surface area (Å²) in [7, 11) is 1.63. The lowest BCUT2D eigenvalue weighted by Gasteiger charge is -2.09. The molecule has 2 nitrogen and oxygen atoms in total. The number of ether oxygens (including phenoxy) is 1. The van der Waals surface area contributed by atoms with Crippen LogP contribution in [0.5, 0.6) is 5.75 Å². The molecule has 2 aromatic carbocycles. The number of carbonyl (C=O) groups is 1. The van der Waals surface area contributed by atoms with E-state index < -0.39 is 0 Å². The monoisotopic (exact) mass is 318 g/mol. The van der Waals surface area contributed by atoms with Crippen LogP contribution in [-0.2, 0) is 0 Å². The second-order valence-electron chi connectivity index (χ2n) is 4.43. The summed E-state index contributed by atoms with van der Waals surface area (Å²) >= 11 is 3.45. The van der Waals surface area contributed by atoms with E-state index in [1.165, 1.54) is 0 Å². The zero-order chi connectivity index (χ0) is 14.0. The van der Waals surface area contributed by atoms with Crippen LogP contribution >= 0.6 is 15.9 Å². The normalized spacial score (nSPS) is 10.3. The van der Waals surface area contributed by atoms with E-state index in [0.29, 0.717) is 5.56 Å². The number of rotatable bonds is 3. The van der Waals surface area contributed by atoms with Gasteiger partial charge in [0, 0.05) is 15.6 Å². The molecule has 0 unspecified atom stereocenters. The summed E-state index contributed by atoms with van der Waals surface area (Å²) in [6, 6.07) is 11.2. The van der Waals surface area contributed by atoms with Gasteiger partial charge in [0.1, 0.15) is 5.75 Å². The van der Waals surface area contributed by atoms with Gasteiger partial charge in [0.05, 0.1) is 7.11 Å². The fraction of sp³-hybridized carbons (Fsp3) is 0.188. The van der Waals surface area contributed by atoms with Gasteiger partial charge in [0.25, 0.3) is 0 Å². The molecule has 2 aromatic rings. The van der Waals surface area contributed by atoms with Crippen LogP contribution in [-0.4, -0.2) is 12.9 Å². The van der Waals surface area contributed by atoms with Crippen molar-refractivity contribution < 1.29 is 9.53 Å². The smallest absolute Gasteiger partial charge is 0.193 e. The van der Waals surface area contributed by atoms with Crippen molar-refractivity contribution >= 4 is 21.7 Å². The average molecular weight is 319 g/mol. The molecule has 0 amide bonds. The van der Waals surface area contributed by atoms with E-state index in [4.69, 9.17) is 4.74 Å². The Morgan fingerprint density at radius 1 is 1.16 bits per heavy atom. The average Bonchev–Trinajstić information content (AvgIpc) is 2.41. The standard InChI is InChI=1S/C16H15BrO2/c1-10-9-12(7-8-15(10)19-3)16(18)13-5-4-6-14(17)11(13)2/h4-9H,1-3H3. The number of benzene rings is 2. The van der Waals surface area contributed by atoms with Crippen LogP contribution in [0.4, 0.5) is 0 Å². The third kappa shape index (κ3) is 2.71. The van der Waals surface area contributed by atoms with Crippen LogP contribution < -0.4 is 4.74 Å². The van der Waals surface area contributed by atoms with Crippen molar-refractivity contribution in [2.45, 2.75) is 13.8 Å². The molecule has 0 aliphatic heterocycles. The maximum absolute atomic E-state index is 12.5. The SMILES string of the molecule is COc1ccc(C(=O)c2cccc(Br)c2C)cc1C. The van der Waals surface area contributed by atoms with Gasteiger partial charge in [-0.25, -0.2) is 0 Å². The van der Waals surface area contributed by atoms with Crippen LogP contribution in [0.1, 0.15) is 27.0 Å². The van der Waals surface area contributed by atoms with Gasteiger partial charge in [0.2, 0.25) is 0 Å². The van der Waals surface area contributed by atoms with E-state index in [-0.39, 0.29) is 5.78 Å². The molecule has 0 aromatic heterocycles. The fourth-order valence-electron chi connectivity index (χ4n) is 2.03. The highest BCUT2D eigenvalue weighted by molar-refractivity contribution is 9.10. The summed E-state index contributed by atoms with van der Waals surface area (Å²) in [4.78, 5) is 12.5. The molecule has 2 rings (SSSR count). The van der Waals surface area contributed by atoms with Crippen molar-refractivity contribution in [3.63, 3.8) is 0 Å². The number of hydrogen-bond acceptors (Lipinski definition) is 2. The molecule has 0 saturated heterocycles. The number of methoxy groups -OCH3 is 1. The third-order valence-electron chi connectivity index (χ3n) is 3.17. The van der Waals surface area contributed by atoms with Crippen LogP contribution in [0.15, 0.2) is 40.9 Å². The largest absolute Gasteiger partial charge is 0.496 e. The molecule has 0 fully saturated rings. The molecule has 0 heterocycles. The maximum atomic E-state index is 12.5. The van der Waals surface area contributed by atoms with E-state index in [0.717, 1.165) is 26.9 Å². The van der Waals surface area contributed by atoms with Crippen LogP contribution in [0.3, 0.4) is 0 Å². The van der Waals surface area contributed by atoms with Gasteiger partial charge in [-0.15, -0.1) is 0 Å². The molecule has 0 spiro atoms. The van der Waals surface area contributed by atoms with E-state index in [1.807, 2.05) is 44.2 Å². The van der Waals surface area contributed by atoms with Gasteiger partial charge in [-0.3, -0.25) is 4.79 Å². The minimum atomic E-state index is 0.0320. The summed E-state index contributed by atoms with van der Waals surface area (Å²) in [6.45, 7) is 3.87. The van der Waals surface area contributed by atoms with E-state index in [2.05, 4.69) is 15.9 Å². The van der Waals surface area contributed by atoms with Crippen LogP contribution in [0.25, 0.3) is 0 Å². The first-order valence-electron chi connectivity index (χ1n) is 5.99. The Hall–Kier alpha value is -1.61. The Morgan fingerprint density at radius 2 is 1.89 bits per heavy atom. The molecule has 0 atom stereocenters. The molecule has 0 radical (unpaired) electrons. The quantitative estimate of drug-likeness (QED) is 0.788. The molecule has 98 valence electrons. The number of halogens is 1. The zero-order valence-electron chi connectivity index (χ0n) is 11.2. The van der Waals surface area contributed by atoms with Crippen LogP contribution in [0, 0.1) is 13.8 Å². The predicted octanol–water partition coefficient (Wildman–Crippen LogP) is 4.31. The molecule has 3 heteroatoms. The number of carbonyl (C=O) groups excluding carboxylic acids is 1. The molecular formula is C16H15BrO2. The zero-order valence-corrected chi connectivity index (χ0v) is 12.7. The van der Waals surface area contributed by atoms with E-state index >= 15 is 0 Å². The Kier molecular flexibility index (Phi) is 4.05. The number of hydrogen-bond donors (Lipinski definition) is 0. The first-order chi connectivity index (χ1) is 9.04. The van der Waals surface area contributed by atoms with Gasteiger partial charge >= 0.3 is 0 Å². The lowest BCUT2D eigenvalue weighted by atomic mass is 9.98. The van der Waals surface area contributed by atoms with Crippen molar-refractivity contribution in [1.29, 1.82) is 0 Å². The lowest BCUT2D eigenvalue weighted by Crippen LogP contribution is -2.04. The minimum Gasteiger partial charge on any atom is -0.496 e. The van der Waals surface area contributed by atoms with Crippen molar-refractivity contribution in [1.82, 2.24) is 0 Å². The van der Waals surface area contributed by atoms with E-state index in [1.54, 1.807) is 13.2 Å². The Labute approximate surface area is 121 Å². The van der Waals surface area contributed by atoms with Gasteiger partial charge < -0.3 is 4.74 Å². The van der Waals surface area contributed by atoms with Crippen molar-refractivity contribution in [3.05, 3.63) is 63.1 Å². The van der Waals surface area contributed by atoms with Crippen molar-refractivity contribution in [3.8, 4) is 5.75 Å². The van der Waals surface area contributed by atoms with Gasteiger partial charge in [-0.1, -0.05) is 28.1 Å². The summed E-state index contributed by atoms with van der Waals surface area (Å²) in [5, 5.41) is 0. The number of ketones is 1. The minimum absolute atomic E-state index is 0.0320. The summed E-state index contributed by atoms with van der Waals surface area (Å²) in [5.74, 6) is 0.826. The molecule has 0 saturated carbocycles. The first-order valence-corrected chi connectivity index (χ1v) is 6.78. The molecule has 19 heavy (non-hydrogen) atoms. The third-order valence-corrected chi connectivity index (χ3v) is 4.03. The van der Waals surface area contributed by atoms with Crippen molar-refractivity contribution in [2.75, 3.05) is 7.11 Å². The molecule has 0 bridgehead atoms. The molecule has 0 aliphatic rings. The lowest BCUT2D eigenvalue weighted by molar-refractivity contribution is 0.103. The Bertz CT molecular complexity index is 633. The first kappa shape index (κ1) is 13.8. The summed E-state index contributed by atoms with van der Waals surface area (Å²) < 4.78 is 6.16. The maximum Gasteiger partial charge on any atom is 0.193 e. The Morgan fingerprint density at radius 3 is 2.53 bits per heavy atom. The second kappa shape index (κ2) is 5.57. The topological polar surface area (TPSA) is 26.3 Å². The molecule has 0 aliphatic carbocycles. The highest BCUT2D eigenvalue weighted by Crippen LogP contribution is 2.24. The summed E-state index contributed by atoms with van der Waals surface area (Å²) in [6.07, 6.45) is 0. The van der Waals surface area contributed by atoms with Gasteiger partial charge in [0.15, 0.2) is 5.78 Å². The second-order valence-corrected chi connectivity index (χ2v) is 5.28. The highest BCUT2D eigenvalue weighted by atomic mass is 79.9. The van der Waals surface area contributed by atoms with Crippen molar-refractivity contribution in [2.24, 2.45) is 0 Å². The number of aryl methyl sites for hydroxylation is 1. The van der Waals surface area contributed by atoms with Crippen LogP contribution in [0.2, 0.25) is 0 Å². The van der Waals surface area contributed by atoms with E-state index in [9.17, 15) is 4.79 Å². The molecular weight excluding hydrogens is 304 g/mol. The van der Waals surface area contributed by atoms with Gasteiger partial charge in [-0.05, 0) is 49.2 Å². The predicted molar refractivity (Wildman–Crippen MR) is 80.0 cm³/mol. The molecule has 0 N–H and O–H groups in total. The summed E-state index contributed by atoms with van der Waals surface area (Å²) in [5.41, 5.74) is 3.32. The Balaban J connectivity index is 2.44.